The van der Waals surface area contributed by atoms with Crippen molar-refractivity contribution in [2.45, 2.75) is 46.8 Å². The van der Waals surface area contributed by atoms with Gasteiger partial charge in [-0.25, -0.2) is 0 Å². The van der Waals surface area contributed by atoms with Crippen molar-refractivity contribution >= 4 is 0 Å². The predicted octanol–water partition coefficient (Wildman–Crippen LogP) is 1.52. The highest BCUT2D eigenvalue weighted by atomic mass is 16.3. The Morgan fingerprint density at radius 2 is 2.12 bits per heavy atom. The first-order valence-electron chi connectivity index (χ1n) is 5.95. The molecule has 1 heterocycles. The average Bonchev–Trinajstić information content (AvgIpc) is 2.59. The first kappa shape index (κ1) is 13.2. The Kier molecular flexibility index (Phi) is 4.96. The third kappa shape index (κ3) is 3.32. The lowest BCUT2D eigenvalue weighted by atomic mass is 10.0. The first-order chi connectivity index (χ1) is 7.56. The molecule has 1 aromatic rings. The molecular formula is C12H23N3O. The van der Waals surface area contributed by atoms with Crippen LogP contribution in [0.15, 0.2) is 0 Å². The van der Waals surface area contributed by atoms with Gasteiger partial charge in [0.25, 0.3) is 0 Å². The number of nitrogens with one attached hydrogen (secondary N) is 2. The van der Waals surface area contributed by atoms with E-state index in [0.717, 1.165) is 24.4 Å². The Hall–Kier alpha value is -0.870. The van der Waals surface area contributed by atoms with Crippen LogP contribution in [0.25, 0.3) is 0 Å². The molecule has 1 aromatic heterocycles. The molecule has 0 fully saturated rings. The molecule has 3 N–H and O–H groups in total. The second-order valence-electron chi connectivity index (χ2n) is 4.50. The SMILES string of the molecule is CCC(C)C(O)CNCc1c(C)n[nH]c1C. The number of hydrogen-bond donors (Lipinski definition) is 3. The summed E-state index contributed by atoms with van der Waals surface area (Å²) in [4.78, 5) is 0. The minimum absolute atomic E-state index is 0.266. The van der Waals surface area contributed by atoms with Crippen LogP contribution < -0.4 is 5.32 Å². The van der Waals surface area contributed by atoms with E-state index in [9.17, 15) is 5.11 Å². The van der Waals surface area contributed by atoms with Gasteiger partial charge in [-0.1, -0.05) is 20.3 Å². The Bertz CT molecular complexity index is 303. The van der Waals surface area contributed by atoms with Crippen molar-refractivity contribution in [2.24, 2.45) is 5.92 Å². The lowest BCUT2D eigenvalue weighted by Crippen LogP contribution is -2.31. The fourth-order valence-corrected chi connectivity index (χ4v) is 1.65. The highest BCUT2D eigenvalue weighted by Crippen LogP contribution is 2.09. The van der Waals surface area contributed by atoms with Gasteiger partial charge in [-0.2, -0.15) is 5.10 Å². The summed E-state index contributed by atoms with van der Waals surface area (Å²) >= 11 is 0. The van der Waals surface area contributed by atoms with Gasteiger partial charge < -0.3 is 10.4 Å². The molecule has 0 bridgehead atoms. The van der Waals surface area contributed by atoms with Crippen LogP contribution in [0.1, 0.15) is 37.2 Å². The van der Waals surface area contributed by atoms with Crippen LogP contribution in [-0.4, -0.2) is 28.0 Å². The molecule has 16 heavy (non-hydrogen) atoms. The fraction of sp³-hybridized carbons (Fsp3) is 0.750. The lowest BCUT2D eigenvalue weighted by Gasteiger charge is -2.17. The van der Waals surface area contributed by atoms with E-state index in [-0.39, 0.29) is 6.10 Å². The highest BCUT2D eigenvalue weighted by Gasteiger charge is 2.12. The molecule has 0 aromatic carbocycles. The number of aryl methyl sites for hydroxylation is 2. The van der Waals surface area contributed by atoms with Crippen LogP contribution in [0.3, 0.4) is 0 Å². The van der Waals surface area contributed by atoms with E-state index in [1.165, 1.54) is 5.56 Å². The quantitative estimate of drug-likeness (QED) is 0.688. The summed E-state index contributed by atoms with van der Waals surface area (Å²) in [6.07, 6.45) is 0.740. The summed E-state index contributed by atoms with van der Waals surface area (Å²) in [7, 11) is 0. The van der Waals surface area contributed by atoms with Gasteiger partial charge in [-0.3, -0.25) is 5.10 Å². The Labute approximate surface area is 97.5 Å². The minimum Gasteiger partial charge on any atom is -0.392 e. The average molecular weight is 225 g/mol. The molecular weight excluding hydrogens is 202 g/mol. The van der Waals surface area contributed by atoms with E-state index in [1.807, 2.05) is 13.8 Å². The zero-order valence-corrected chi connectivity index (χ0v) is 10.7. The number of nitrogens with zero attached hydrogens (tertiary/aromatic N) is 1. The zero-order chi connectivity index (χ0) is 12.1. The first-order valence-corrected chi connectivity index (χ1v) is 5.95. The third-order valence-corrected chi connectivity index (χ3v) is 3.24. The molecule has 0 saturated carbocycles. The summed E-state index contributed by atoms with van der Waals surface area (Å²) in [5, 5.41) is 20.2. The number of aliphatic hydroxyl groups is 1. The maximum Gasteiger partial charge on any atom is 0.0690 e. The third-order valence-electron chi connectivity index (χ3n) is 3.24. The van der Waals surface area contributed by atoms with Crippen molar-refractivity contribution in [3.05, 3.63) is 17.0 Å². The number of H-pyrrole nitrogens is 1. The van der Waals surface area contributed by atoms with Gasteiger partial charge in [0.2, 0.25) is 0 Å². The maximum absolute atomic E-state index is 9.80. The molecule has 0 amide bonds. The van der Waals surface area contributed by atoms with Gasteiger partial charge in [0.05, 0.1) is 11.8 Å². The van der Waals surface area contributed by atoms with E-state index in [2.05, 4.69) is 29.4 Å². The molecule has 0 aliphatic carbocycles. The van der Waals surface area contributed by atoms with Crippen molar-refractivity contribution in [3.8, 4) is 0 Å². The second kappa shape index (κ2) is 6.01. The van der Waals surface area contributed by atoms with Crippen LogP contribution in [-0.2, 0) is 6.54 Å². The van der Waals surface area contributed by atoms with Crippen molar-refractivity contribution in [3.63, 3.8) is 0 Å². The van der Waals surface area contributed by atoms with Gasteiger partial charge >= 0.3 is 0 Å². The van der Waals surface area contributed by atoms with Gasteiger partial charge in [0.15, 0.2) is 0 Å². The van der Waals surface area contributed by atoms with Gasteiger partial charge in [0.1, 0.15) is 0 Å². The Balaban J connectivity index is 2.36. The molecule has 1 rings (SSSR count). The van der Waals surface area contributed by atoms with E-state index in [4.69, 9.17) is 0 Å². The van der Waals surface area contributed by atoms with Crippen molar-refractivity contribution in [2.75, 3.05) is 6.54 Å². The maximum atomic E-state index is 9.80. The molecule has 0 radical (unpaired) electrons. The van der Waals surface area contributed by atoms with Crippen molar-refractivity contribution < 1.29 is 5.11 Å². The summed E-state index contributed by atoms with van der Waals surface area (Å²) in [5.74, 6) is 0.346. The number of aliphatic hydroxyl groups excluding tert-OH is 1. The Morgan fingerprint density at radius 3 is 2.62 bits per heavy atom. The fourth-order valence-electron chi connectivity index (χ4n) is 1.65. The largest absolute Gasteiger partial charge is 0.392 e. The van der Waals surface area contributed by atoms with E-state index in [0.29, 0.717) is 12.5 Å². The van der Waals surface area contributed by atoms with Gasteiger partial charge in [-0.15, -0.1) is 0 Å². The highest BCUT2D eigenvalue weighted by molar-refractivity contribution is 5.22. The number of hydrogen-bond acceptors (Lipinski definition) is 3. The normalized spacial score (nSPS) is 15.1. The molecule has 2 unspecified atom stereocenters. The summed E-state index contributed by atoms with van der Waals surface area (Å²) in [6, 6.07) is 0. The molecule has 0 spiro atoms. The van der Waals surface area contributed by atoms with E-state index < -0.39 is 0 Å². The van der Waals surface area contributed by atoms with Crippen LogP contribution >= 0.6 is 0 Å². The van der Waals surface area contributed by atoms with E-state index >= 15 is 0 Å². The number of rotatable bonds is 6. The van der Waals surface area contributed by atoms with Crippen LogP contribution in [0, 0.1) is 19.8 Å². The van der Waals surface area contributed by atoms with Crippen molar-refractivity contribution in [1.29, 1.82) is 0 Å². The predicted molar refractivity (Wildman–Crippen MR) is 65.2 cm³/mol. The molecule has 4 nitrogen and oxygen atoms in total. The second-order valence-corrected chi connectivity index (χ2v) is 4.50. The summed E-state index contributed by atoms with van der Waals surface area (Å²) in [6.45, 7) is 9.58. The molecule has 0 aliphatic rings. The van der Waals surface area contributed by atoms with Crippen LogP contribution in [0.4, 0.5) is 0 Å². The van der Waals surface area contributed by atoms with Crippen molar-refractivity contribution in [1.82, 2.24) is 15.5 Å². The molecule has 2 atom stereocenters. The topological polar surface area (TPSA) is 60.9 Å². The Morgan fingerprint density at radius 1 is 1.44 bits per heavy atom. The summed E-state index contributed by atoms with van der Waals surface area (Å²) < 4.78 is 0. The zero-order valence-electron chi connectivity index (χ0n) is 10.7. The number of aromatic nitrogens is 2. The van der Waals surface area contributed by atoms with E-state index in [1.54, 1.807) is 0 Å². The number of aromatic amines is 1. The van der Waals surface area contributed by atoms with Crippen LogP contribution in [0.5, 0.6) is 0 Å². The van der Waals surface area contributed by atoms with Gasteiger partial charge in [-0.05, 0) is 19.8 Å². The van der Waals surface area contributed by atoms with Gasteiger partial charge in [0, 0.05) is 24.3 Å². The molecule has 92 valence electrons. The van der Waals surface area contributed by atoms with Crippen LogP contribution in [0.2, 0.25) is 0 Å². The monoisotopic (exact) mass is 225 g/mol. The summed E-state index contributed by atoms with van der Waals surface area (Å²) in [5.41, 5.74) is 3.34. The molecule has 4 heteroatoms. The lowest BCUT2D eigenvalue weighted by molar-refractivity contribution is 0.113. The smallest absolute Gasteiger partial charge is 0.0690 e. The molecule has 0 aliphatic heterocycles. The minimum atomic E-state index is -0.266. The standard InChI is InChI=1S/C12H23N3O/c1-5-8(2)12(16)7-13-6-11-9(3)14-15-10(11)4/h8,12-13,16H,5-7H2,1-4H3,(H,14,15). The molecule has 0 saturated heterocycles.